The molecule has 4 aromatic rings. The van der Waals surface area contributed by atoms with Gasteiger partial charge in [-0.25, -0.2) is 0 Å². The Hall–Kier alpha value is -3.70. The first-order chi connectivity index (χ1) is 18.1. The lowest BCUT2D eigenvalue weighted by Gasteiger charge is -2.13. The Morgan fingerprint density at radius 3 is 2.47 bits per heavy atom. The number of carbonyl (C=O) groups excluding carboxylic acids is 1. The number of carbonyl (C=O) groups is 1. The predicted molar refractivity (Wildman–Crippen MR) is 146 cm³/mol. The zero-order chi connectivity index (χ0) is 27.6. The van der Waals surface area contributed by atoms with Gasteiger partial charge in [0, 0.05) is 10.9 Å². The van der Waals surface area contributed by atoms with E-state index in [9.17, 15) is 22.9 Å². The maximum Gasteiger partial charge on any atom is 0.296 e. The van der Waals surface area contributed by atoms with E-state index in [1.165, 1.54) is 25.3 Å². The predicted octanol–water partition coefficient (Wildman–Crippen LogP) is 7.34. The van der Waals surface area contributed by atoms with Crippen LogP contribution in [0, 0.1) is 0 Å². The van der Waals surface area contributed by atoms with Gasteiger partial charge in [0.25, 0.3) is 16.0 Å². The van der Waals surface area contributed by atoms with Crippen molar-refractivity contribution < 1.29 is 27.6 Å². The number of hydrogen-bond donors (Lipinski definition) is 3. The van der Waals surface area contributed by atoms with Crippen molar-refractivity contribution in [2.24, 2.45) is 10.2 Å². The van der Waals surface area contributed by atoms with Crippen LogP contribution in [-0.4, -0.2) is 31.1 Å². The molecule has 1 amide bonds. The molecule has 0 fully saturated rings. The average molecular weight is 574 g/mol. The number of benzene rings is 4. The van der Waals surface area contributed by atoms with Crippen molar-refractivity contribution in [3.8, 4) is 11.5 Å². The number of nitrogens with zero attached hydrogens (tertiary/aromatic N) is 2. The first-order valence-electron chi connectivity index (χ1n) is 11.2. The zero-order valence-corrected chi connectivity index (χ0v) is 22.4. The highest BCUT2D eigenvalue weighted by Crippen LogP contribution is 2.41. The van der Waals surface area contributed by atoms with E-state index in [0.29, 0.717) is 16.5 Å². The molecule has 38 heavy (non-hydrogen) atoms. The highest BCUT2D eigenvalue weighted by molar-refractivity contribution is 7.86. The number of phenolic OH excluding ortho intramolecular Hbond substituents is 1. The Morgan fingerprint density at radius 2 is 1.79 bits per heavy atom. The SMILES string of the molecule is CCc1c(N=Nc2c(O)c(C(=O)Nc3cccc(OC)c3Cl)cc3ccccc23)ccc(Cl)c1S(=O)(=O)O. The summed E-state index contributed by atoms with van der Waals surface area (Å²) in [6, 6.07) is 16.0. The van der Waals surface area contributed by atoms with E-state index in [2.05, 4.69) is 15.5 Å². The molecule has 0 unspecified atom stereocenters. The van der Waals surface area contributed by atoms with Gasteiger partial charge in [-0.2, -0.15) is 13.5 Å². The van der Waals surface area contributed by atoms with Crippen LogP contribution in [0.3, 0.4) is 0 Å². The Labute approximate surface area is 228 Å². The molecule has 3 N–H and O–H groups in total. The van der Waals surface area contributed by atoms with Crippen LogP contribution < -0.4 is 10.1 Å². The second-order valence-corrected chi connectivity index (χ2v) is 10.2. The normalized spacial score (nSPS) is 11.7. The van der Waals surface area contributed by atoms with E-state index in [-0.39, 0.29) is 44.7 Å². The first kappa shape index (κ1) is 27.3. The van der Waals surface area contributed by atoms with Gasteiger partial charge in [-0.05, 0) is 42.1 Å². The molecule has 0 atom stereocenters. The number of rotatable bonds is 7. The summed E-state index contributed by atoms with van der Waals surface area (Å²) in [4.78, 5) is 12.7. The molecular formula is C26H21Cl2N3O6S. The molecule has 0 saturated carbocycles. The molecule has 9 nitrogen and oxygen atoms in total. The van der Waals surface area contributed by atoms with Crippen molar-refractivity contribution >= 4 is 67.1 Å². The number of methoxy groups -OCH3 is 1. The summed E-state index contributed by atoms with van der Waals surface area (Å²) >= 11 is 12.3. The van der Waals surface area contributed by atoms with Crippen molar-refractivity contribution in [3.63, 3.8) is 0 Å². The molecule has 0 aliphatic carbocycles. The van der Waals surface area contributed by atoms with E-state index in [1.807, 2.05) is 0 Å². The van der Waals surface area contributed by atoms with Crippen LogP contribution in [0.4, 0.5) is 17.1 Å². The topological polar surface area (TPSA) is 138 Å². The summed E-state index contributed by atoms with van der Waals surface area (Å²) in [7, 11) is -3.19. The number of phenols is 1. The summed E-state index contributed by atoms with van der Waals surface area (Å²) in [5.74, 6) is -0.749. The minimum Gasteiger partial charge on any atom is -0.505 e. The number of amides is 1. The number of fused-ring (bicyclic) bond motifs is 1. The van der Waals surface area contributed by atoms with E-state index in [0.717, 1.165) is 0 Å². The highest BCUT2D eigenvalue weighted by Gasteiger charge is 2.23. The molecule has 0 aromatic heterocycles. The molecule has 0 aliphatic rings. The van der Waals surface area contributed by atoms with Gasteiger partial charge in [0.1, 0.15) is 21.4 Å². The molecule has 0 spiro atoms. The number of anilines is 1. The second kappa shape index (κ2) is 11.0. The van der Waals surface area contributed by atoms with E-state index in [1.54, 1.807) is 49.4 Å². The van der Waals surface area contributed by atoms with Gasteiger partial charge in [-0.3, -0.25) is 9.35 Å². The highest BCUT2D eigenvalue weighted by atomic mass is 35.5. The van der Waals surface area contributed by atoms with Crippen LogP contribution in [0.2, 0.25) is 10.0 Å². The van der Waals surface area contributed by atoms with E-state index in [4.69, 9.17) is 27.9 Å². The number of azo groups is 1. The Bertz CT molecular complexity index is 1710. The molecule has 4 aromatic carbocycles. The van der Waals surface area contributed by atoms with E-state index >= 15 is 0 Å². The summed E-state index contributed by atoms with van der Waals surface area (Å²) in [5.41, 5.74) is 0.427. The quantitative estimate of drug-likeness (QED) is 0.156. The maximum atomic E-state index is 13.2. The van der Waals surface area contributed by atoms with Crippen LogP contribution in [0.15, 0.2) is 75.8 Å². The fourth-order valence-corrected chi connectivity index (χ4v) is 5.55. The largest absolute Gasteiger partial charge is 0.505 e. The fraction of sp³-hybridized carbons (Fsp3) is 0.115. The molecule has 0 aliphatic heterocycles. The van der Waals surface area contributed by atoms with Gasteiger partial charge < -0.3 is 15.2 Å². The molecule has 12 heteroatoms. The van der Waals surface area contributed by atoms with Gasteiger partial charge in [-0.15, -0.1) is 5.11 Å². The lowest BCUT2D eigenvalue weighted by atomic mass is 10.0. The van der Waals surface area contributed by atoms with Gasteiger partial charge >= 0.3 is 0 Å². The van der Waals surface area contributed by atoms with Crippen LogP contribution >= 0.6 is 23.2 Å². The second-order valence-electron chi connectivity index (χ2n) is 8.02. The lowest BCUT2D eigenvalue weighted by Crippen LogP contribution is -2.12. The minimum atomic E-state index is -4.64. The zero-order valence-electron chi connectivity index (χ0n) is 20.1. The molecule has 0 saturated heterocycles. The molecule has 0 radical (unpaired) electrons. The summed E-state index contributed by atoms with van der Waals surface area (Å²) in [5, 5.41) is 23.2. The number of ether oxygens (including phenoxy) is 1. The number of nitrogens with one attached hydrogen (secondary N) is 1. The third kappa shape index (κ3) is 5.30. The van der Waals surface area contributed by atoms with Gasteiger partial charge in [0.2, 0.25) is 0 Å². The van der Waals surface area contributed by atoms with Crippen molar-refractivity contribution in [2.45, 2.75) is 18.2 Å². The lowest BCUT2D eigenvalue weighted by molar-refractivity contribution is 0.102. The van der Waals surface area contributed by atoms with Crippen molar-refractivity contribution in [1.29, 1.82) is 0 Å². The monoisotopic (exact) mass is 573 g/mol. The van der Waals surface area contributed by atoms with Crippen LogP contribution in [0.1, 0.15) is 22.8 Å². The van der Waals surface area contributed by atoms with Gasteiger partial charge in [-0.1, -0.05) is 60.5 Å². The van der Waals surface area contributed by atoms with Crippen LogP contribution in [0.5, 0.6) is 11.5 Å². The van der Waals surface area contributed by atoms with Crippen molar-refractivity contribution in [2.75, 3.05) is 12.4 Å². The molecule has 0 bridgehead atoms. The van der Waals surface area contributed by atoms with Crippen molar-refractivity contribution in [1.82, 2.24) is 0 Å². The summed E-state index contributed by atoms with van der Waals surface area (Å²) in [6.07, 6.45) is 0.167. The fourth-order valence-electron chi connectivity index (χ4n) is 3.95. The molecular weight excluding hydrogens is 553 g/mol. The van der Waals surface area contributed by atoms with Crippen LogP contribution in [0.25, 0.3) is 10.8 Å². The Morgan fingerprint density at radius 1 is 1.05 bits per heavy atom. The number of halogens is 2. The average Bonchev–Trinajstić information content (AvgIpc) is 2.88. The van der Waals surface area contributed by atoms with Gasteiger partial charge in [0.05, 0.1) is 29.1 Å². The Kier molecular flexibility index (Phi) is 7.89. The summed E-state index contributed by atoms with van der Waals surface area (Å²) in [6.45, 7) is 1.67. The first-order valence-corrected chi connectivity index (χ1v) is 13.4. The number of aromatic hydroxyl groups is 1. The minimum absolute atomic E-state index is 0.0182. The summed E-state index contributed by atoms with van der Waals surface area (Å²) < 4.78 is 38.7. The standard InChI is InChI=1S/C26H21Cl2N3O6S/c1-3-15-19(12-11-18(27)25(15)38(34,35)36)30-31-23-16-8-5-4-7-14(16)13-17(24(23)32)26(33)29-20-9-6-10-21(37-2)22(20)28/h4-13,32H,3H2,1-2H3,(H,29,33)(H,34,35,36). The molecule has 4 rings (SSSR count). The third-order valence-corrected chi connectivity index (χ3v) is 7.53. The Balaban J connectivity index is 1.83. The smallest absolute Gasteiger partial charge is 0.296 e. The third-order valence-electron chi connectivity index (χ3n) is 5.73. The van der Waals surface area contributed by atoms with Crippen molar-refractivity contribution in [3.05, 3.63) is 81.8 Å². The number of hydrogen-bond acceptors (Lipinski definition) is 7. The maximum absolute atomic E-state index is 13.2. The molecule has 0 heterocycles. The van der Waals surface area contributed by atoms with E-state index < -0.39 is 26.7 Å². The van der Waals surface area contributed by atoms with Gasteiger partial charge in [0.15, 0.2) is 5.75 Å². The van der Waals surface area contributed by atoms with Crippen LogP contribution in [-0.2, 0) is 16.5 Å². The molecule has 196 valence electrons.